The lowest BCUT2D eigenvalue weighted by Crippen LogP contribution is -2.03. The first-order chi connectivity index (χ1) is 8.79. The van der Waals surface area contributed by atoms with E-state index in [1.54, 1.807) is 12.3 Å². The summed E-state index contributed by atoms with van der Waals surface area (Å²) in [6, 6.07) is 4.50. The maximum atomic E-state index is 13.4. The third-order valence-electron chi connectivity index (χ3n) is 2.84. The quantitative estimate of drug-likeness (QED) is 0.693. The number of rotatable bonds is 2. The fourth-order valence-electron chi connectivity index (χ4n) is 2.00. The Hall–Kier alpha value is -2.30. The molecule has 4 nitrogen and oxygen atoms in total. The third kappa shape index (κ3) is 1.64. The van der Waals surface area contributed by atoms with Gasteiger partial charge in [-0.25, -0.2) is 19.3 Å². The summed E-state index contributed by atoms with van der Waals surface area (Å²) >= 11 is 0. The summed E-state index contributed by atoms with van der Waals surface area (Å²) in [4.78, 5) is 12.6. The molecule has 0 aliphatic heterocycles. The molecule has 0 amide bonds. The second kappa shape index (κ2) is 4.18. The summed E-state index contributed by atoms with van der Waals surface area (Å²) < 4.78 is 15.2. The number of benzene rings is 1. The molecule has 0 spiro atoms. The predicted molar refractivity (Wildman–Crippen MR) is 66.0 cm³/mol. The van der Waals surface area contributed by atoms with Crippen molar-refractivity contribution in [2.24, 2.45) is 0 Å². The minimum atomic E-state index is -0.295. The zero-order valence-corrected chi connectivity index (χ0v) is 9.84. The number of aromatic nitrogens is 4. The van der Waals surface area contributed by atoms with Crippen LogP contribution >= 0.6 is 0 Å². The average molecular weight is 242 g/mol. The Balaban J connectivity index is 2.32. The summed E-state index contributed by atoms with van der Waals surface area (Å²) in [5, 5.41) is 0.685. The van der Waals surface area contributed by atoms with Crippen molar-refractivity contribution in [1.29, 1.82) is 0 Å². The molecule has 3 aromatic rings. The van der Waals surface area contributed by atoms with E-state index in [4.69, 9.17) is 0 Å². The van der Waals surface area contributed by atoms with E-state index in [9.17, 15) is 4.39 Å². The van der Waals surface area contributed by atoms with Gasteiger partial charge >= 0.3 is 0 Å². The Kier molecular flexibility index (Phi) is 2.51. The molecule has 0 radical (unpaired) electrons. The number of halogens is 1. The van der Waals surface area contributed by atoms with Crippen molar-refractivity contribution in [3.05, 3.63) is 48.6 Å². The molecule has 5 heteroatoms. The van der Waals surface area contributed by atoms with Crippen molar-refractivity contribution in [2.75, 3.05) is 0 Å². The van der Waals surface area contributed by atoms with Gasteiger partial charge in [-0.05, 0) is 18.2 Å². The number of hydrogen-bond acceptors (Lipinski definition) is 3. The molecule has 0 unspecified atom stereocenters. The minimum Gasteiger partial charge on any atom is -0.287 e. The first-order valence-corrected chi connectivity index (χ1v) is 5.72. The topological polar surface area (TPSA) is 43.6 Å². The summed E-state index contributed by atoms with van der Waals surface area (Å²) in [6.45, 7) is 2.02. The fraction of sp³-hybridized carbons (Fsp3) is 0.154. The fourth-order valence-corrected chi connectivity index (χ4v) is 2.00. The van der Waals surface area contributed by atoms with Gasteiger partial charge in [0.1, 0.15) is 23.8 Å². The summed E-state index contributed by atoms with van der Waals surface area (Å²) in [7, 11) is 0. The van der Waals surface area contributed by atoms with Gasteiger partial charge in [0.05, 0.1) is 5.52 Å². The number of hydrogen-bond donors (Lipinski definition) is 0. The molecule has 0 N–H and O–H groups in total. The van der Waals surface area contributed by atoms with Crippen LogP contribution in [0.25, 0.3) is 16.7 Å². The molecule has 0 fully saturated rings. The molecule has 0 atom stereocenters. The van der Waals surface area contributed by atoms with Gasteiger partial charge in [-0.15, -0.1) is 0 Å². The summed E-state index contributed by atoms with van der Waals surface area (Å²) in [5.41, 5.74) is 0.720. The molecule has 18 heavy (non-hydrogen) atoms. The van der Waals surface area contributed by atoms with Crippen molar-refractivity contribution < 1.29 is 4.39 Å². The molecule has 2 aromatic heterocycles. The van der Waals surface area contributed by atoms with Crippen LogP contribution in [0.2, 0.25) is 0 Å². The van der Waals surface area contributed by atoms with Crippen LogP contribution in [0.1, 0.15) is 12.7 Å². The zero-order valence-electron chi connectivity index (χ0n) is 9.84. The van der Waals surface area contributed by atoms with E-state index in [1.165, 1.54) is 18.5 Å². The maximum absolute atomic E-state index is 13.4. The van der Waals surface area contributed by atoms with E-state index in [1.807, 2.05) is 17.7 Å². The van der Waals surface area contributed by atoms with E-state index >= 15 is 0 Å². The SMILES string of the molecule is CCc1nccn1-c1ncnc2ccc(F)cc12. The van der Waals surface area contributed by atoms with Crippen molar-refractivity contribution in [2.45, 2.75) is 13.3 Å². The second-order valence-corrected chi connectivity index (χ2v) is 3.93. The molecule has 0 bridgehead atoms. The van der Waals surface area contributed by atoms with Gasteiger partial charge in [0.25, 0.3) is 0 Å². The Morgan fingerprint density at radius 3 is 2.94 bits per heavy atom. The van der Waals surface area contributed by atoms with Gasteiger partial charge in [-0.3, -0.25) is 4.57 Å². The number of nitrogens with zero attached hydrogens (tertiary/aromatic N) is 4. The first-order valence-electron chi connectivity index (χ1n) is 5.72. The van der Waals surface area contributed by atoms with E-state index in [0.29, 0.717) is 11.2 Å². The first kappa shape index (κ1) is 10.8. The average Bonchev–Trinajstić information content (AvgIpc) is 2.86. The normalized spacial score (nSPS) is 11.0. The van der Waals surface area contributed by atoms with Crippen LogP contribution in [0, 0.1) is 5.82 Å². The van der Waals surface area contributed by atoms with Crippen LogP contribution in [-0.2, 0) is 6.42 Å². The molecule has 0 aliphatic carbocycles. The summed E-state index contributed by atoms with van der Waals surface area (Å²) in [6.07, 6.45) is 5.81. The highest BCUT2D eigenvalue weighted by Gasteiger charge is 2.09. The van der Waals surface area contributed by atoms with E-state index in [0.717, 1.165) is 17.8 Å². The van der Waals surface area contributed by atoms with Crippen LogP contribution < -0.4 is 0 Å². The lowest BCUT2D eigenvalue weighted by Gasteiger charge is -2.08. The highest BCUT2D eigenvalue weighted by atomic mass is 19.1. The van der Waals surface area contributed by atoms with E-state index in [-0.39, 0.29) is 5.82 Å². The van der Waals surface area contributed by atoms with Gasteiger partial charge < -0.3 is 0 Å². The second-order valence-electron chi connectivity index (χ2n) is 3.93. The number of fused-ring (bicyclic) bond motifs is 1. The van der Waals surface area contributed by atoms with Crippen LogP contribution in [0.15, 0.2) is 36.9 Å². The molecule has 1 aromatic carbocycles. The van der Waals surface area contributed by atoms with Crippen molar-refractivity contribution in [3.63, 3.8) is 0 Å². The smallest absolute Gasteiger partial charge is 0.149 e. The van der Waals surface area contributed by atoms with E-state index < -0.39 is 0 Å². The number of aryl methyl sites for hydroxylation is 1. The predicted octanol–water partition coefficient (Wildman–Crippen LogP) is 2.52. The Bertz CT molecular complexity index is 705. The monoisotopic (exact) mass is 242 g/mol. The molecular formula is C13H11FN4. The van der Waals surface area contributed by atoms with Crippen LogP contribution in [0.5, 0.6) is 0 Å². The summed E-state index contributed by atoms with van der Waals surface area (Å²) in [5.74, 6) is 1.25. The molecule has 0 saturated heterocycles. The Morgan fingerprint density at radius 2 is 2.11 bits per heavy atom. The van der Waals surface area contributed by atoms with Crippen LogP contribution in [-0.4, -0.2) is 19.5 Å². The standard InChI is InChI=1S/C13H11FN4/c1-2-12-15-5-6-18(12)13-10-7-9(14)3-4-11(10)16-8-17-13/h3-8H,2H2,1H3. The molecule has 2 heterocycles. The maximum Gasteiger partial charge on any atom is 0.149 e. The molecule has 0 saturated carbocycles. The van der Waals surface area contributed by atoms with E-state index in [2.05, 4.69) is 15.0 Å². The lowest BCUT2D eigenvalue weighted by atomic mass is 10.2. The third-order valence-corrected chi connectivity index (χ3v) is 2.84. The van der Waals surface area contributed by atoms with Crippen molar-refractivity contribution in [3.8, 4) is 5.82 Å². The largest absolute Gasteiger partial charge is 0.287 e. The molecular weight excluding hydrogens is 231 g/mol. The van der Waals surface area contributed by atoms with Crippen molar-refractivity contribution in [1.82, 2.24) is 19.5 Å². The van der Waals surface area contributed by atoms with Gasteiger partial charge in [0, 0.05) is 24.2 Å². The van der Waals surface area contributed by atoms with Crippen LogP contribution in [0.3, 0.4) is 0 Å². The highest BCUT2D eigenvalue weighted by molar-refractivity contribution is 5.85. The van der Waals surface area contributed by atoms with Gasteiger partial charge in [0.15, 0.2) is 0 Å². The van der Waals surface area contributed by atoms with Gasteiger partial charge in [-0.1, -0.05) is 6.92 Å². The minimum absolute atomic E-state index is 0.295. The van der Waals surface area contributed by atoms with Gasteiger partial charge in [-0.2, -0.15) is 0 Å². The molecule has 90 valence electrons. The van der Waals surface area contributed by atoms with Gasteiger partial charge in [0.2, 0.25) is 0 Å². The van der Waals surface area contributed by atoms with Crippen molar-refractivity contribution >= 4 is 10.9 Å². The highest BCUT2D eigenvalue weighted by Crippen LogP contribution is 2.20. The Morgan fingerprint density at radius 1 is 1.22 bits per heavy atom. The van der Waals surface area contributed by atoms with Crippen LogP contribution in [0.4, 0.5) is 4.39 Å². The Labute approximate surface area is 103 Å². The molecule has 0 aliphatic rings. The zero-order chi connectivity index (χ0) is 12.5. The lowest BCUT2D eigenvalue weighted by molar-refractivity contribution is 0.629. The number of imidazole rings is 1. The molecule has 3 rings (SSSR count).